The van der Waals surface area contributed by atoms with Crippen molar-refractivity contribution in [2.75, 3.05) is 19.5 Å². The number of hydrogen-bond acceptors (Lipinski definition) is 4. The van der Waals surface area contributed by atoms with Gasteiger partial charge in [-0.05, 0) is 25.0 Å². The van der Waals surface area contributed by atoms with Gasteiger partial charge in [0.2, 0.25) is 5.91 Å². The fourth-order valence-electron chi connectivity index (χ4n) is 2.71. The Hall–Kier alpha value is -2.24. The maximum atomic E-state index is 12.3. The number of carboxylic acids is 1. The fraction of sp³-hybridized carbons (Fsp3) is 0.467. The van der Waals surface area contributed by atoms with Crippen molar-refractivity contribution in [3.05, 3.63) is 18.2 Å². The zero-order valence-corrected chi connectivity index (χ0v) is 12.1. The highest BCUT2D eigenvalue weighted by Crippen LogP contribution is 2.35. The number of ether oxygens (including phenoxy) is 2. The molecule has 1 saturated carbocycles. The Morgan fingerprint density at radius 2 is 1.90 bits per heavy atom. The second-order valence-corrected chi connectivity index (χ2v) is 5.04. The Morgan fingerprint density at radius 1 is 1.19 bits per heavy atom. The molecular weight excluding hydrogens is 274 g/mol. The lowest BCUT2D eigenvalue weighted by Gasteiger charge is -2.17. The summed E-state index contributed by atoms with van der Waals surface area (Å²) < 4.78 is 10.3. The Morgan fingerprint density at radius 3 is 2.52 bits per heavy atom. The van der Waals surface area contributed by atoms with Gasteiger partial charge in [0.15, 0.2) is 0 Å². The van der Waals surface area contributed by atoms with E-state index >= 15 is 0 Å². The van der Waals surface area contributed by atoms with Crippen LogP contribution in [0.3, 0.4) is 0 Å². The molecule has 0 radical (unpaired) electrons. The Labute approximate surface area is 123 Å². The normalized spacial score (nSPS) is 20.9. The van der Waals surface area contributed by atoms with E-state index < -0.39 is 17.8 Å². The first-order valence-electron chi connectivity index (χ1n) is 6.82. The summed E-state index contributed by atoms with van der Waals surface area (Å²) >= 11 is 0. The SMILES string of the molecule is COc1ccc(OC)c(NC(=O)C2CCCC2C(=O)O)c1. The molecule has 0 heterocycles. The number of aliphatic carboxylic acids is 1. The topological polar surface area (TPSA) is 84.9 Å². The van der Waals surface area contributed by atoms with Gasteiger partial charge in [0.25, 0.3) is 0 Å². The molecule has 6 nitrogen and oxygen atoms in total. The molecule has 0 saturated heterocycles. The fourth-order valence-corrected chi connectivity index (χ4v) is 2.71. The van der Waals surface area contributed by atoms with Gasteiger partial charge >= 0.3 is 5.97 Å². The summed E-state index contributed by atoms with van der Waals surface area (Å²) in [6, 6.07) is 5.07. The lowest BCUT2D eigenvalue weighted by Crippen LogP contribution is -2.30. The number of hydrogen-bond donors (Lipinski definition) is 2. The molecule has 2 unspecified atom stereocenters. The first-order chi connectivity index (χ1) is 10.1. The van der Waals surface area contributed by atoms with Crippen molar-refractivity contribution in [1.29, 1.82) is 0 Å². The predicted molar refractivity (Wildman–Crippen MR) is 76.6 cm³/mol. The third kappa shape index (κ3) is 3.26. The quantitative estimate of drug-likeness (QED) is 0.869. The molecule has 114 valence electrons. The van der Waals surface area contributed by atoms with Crippen LogP contribution in [0.5, 0.6) is 11.5 Å². The number of nitrogens with one attached hydrogen (secondary N) is 1. The van der Waals surface area contributed by atoms with Crippen LogP contribution in [0.1, 0.15) is 19.3 Å². The molecule has 0 aliphatic heterocycles. The molecule has 1 amide bonds. The molecule has 2 rings (SSSR count). The van der Waals surface area contributed by atoms with Crippen LogP contribution in [0, 0.1) is 11.8 Å². The van der Waals surface area contributed by atoms with Gasteiger partial charge in [-0.15, -0.1) is 0 Å². The standard InChI is InChI=1S/C15H19NO5/c1-20-9-6-7-13(21-2)12(8-9)16-14(17)10-4-3-5-11(10)15(18)19/h6-8,10-11H,3-5H2,1-2H3,(H,16,17)(H,18,19). The van der Waals surface area contributed by atoms with Crippen LogP contribution < -0.4 is 14.8 Å². The molecule has 1 aromatic rings. The number of rotatable bonds is 5. The van der Waals surface area contributed by atoms with Crippen molar-refractivity contribution in [3.8, 4) is 11.5 Å². The number of methoxy groups -OCH3 is 2. The van der Waals surface area contributed by atoms with Crippen molar-refractivity contribution in [2.24, 2.45) is 11.8 Å². The number of anilines is 1. The second-order valence-electron chi connectivity index (χ2n) is 5.04. The van der Waals surface area contributed by atoms with Crippen LogP contribution >= 0.6 is 0 Å². The van der Waals surface area contributed by atoms with Crippen molar-refractivity contribution < 1.29 is 24.2 Å². The first kappa shape index (κ1) is 15.2. The van der Waals surface area contributed by atoms with Crippen LogP contribution in [0.15, 0.2) is 18.2 Å². The van der Waals surface area contributed by atoms with E-state index in [1.807, 2.05) is 0 Å². The van der Waals surface area contributed by atoms with Crippen molar-refractivity contribution >= 4 is 17.6 Å². The third-order valence-electron chi connectivity index (χ3n) is 3.83. The maximum Gasteiger partial charge on any atom is 0.307 e. The van der Waals surface area contributed by atoms with Gasteiger partial charge in [0.05, 0.1) is 31.7 Å². The van der Waals surface area contributed by atoms with Gasteiger partial charge < -0.3 is 19.9 Å². The summed E-state index contributed by atoms with van der Waals surface area (Å²) in [5.41, 5.74) is 0.484. The molecule has 1 aromatic carbocycles. The van der Waals surface area contributed by atoms with E-state index in [4.69, 9.17) is 14.6 Å². The summed E-state index contributed by atoms with van der Waals surface area (Å²) in [7, 11) is 3.04. The van der Waals surface area contributed by atoms with Crippen LogP contribution in [-0.2, 0) is 9.59 Å². The zero-order valence-electron chi connectivity index (χ0n) is 12.1. The lowest BCUT2D eigenvalue weighted by atomic mass is 9.95. The van der Waals surface area contributed by atoms with E-state index in [1.54, 1.807) is 18.2 Å². The van der Waals surface area contributed by atoms with Crippen molar-refractivity contribution in [1.82, 2.24) is 0 Å². The molecule has 0 aromatic heterocycles. The molecule has 2 atom stereocenters. The smallest absolute Gasteiger partial charge is 0.307 e. The molecule has 1 fully saturated rings. The van der Waals surface area contributed by atoms with Gasteiger partial charge in [0.1, 0.15) is 11.5 Å². The van der Waals surface area contributed by atoms with Gasteiger partial charge in [-0.2, -0.15) is 0 Å². The van der Waals surface area contributed by atoms with Crippen LogP contribution in [0.4, 0.5) is 5.69 Å². The number of carbonyl (C=O) groups excluding carboxylic acids is 1. The van der Waals surface area contributed by atoms with Crippen molar-refractivity contribution in [3.63, 3.8) is 0 Å². The summed E-state index contributed by atoms with van der Waals surface area (Å²) in [5.74, 6) is -1.21. The number of carbonyl (C=O) groups is 2. The van der Waals surface area contributed by atoms with E-state index in [0.29, 0.717) is 30.0 Å². The van der Waals surface area contributed by atoms with E-state index in [9.17, 15) is 9.59 Å². The largest absolute Gasteiger partial charge is 0.497 e. The predicted octanol–water partition coefficient (Wildman–Crippen LogP) is 2.14. The zero-order chi connectivity index (χ0) is 15.4. The number of carboxylic acid groups (broad SMARTS) is 1. The first-order valence-corrected chi connectivity index (χ1v) is 6.82. The highest BCUT2D eigenvalue weighted by atomic mass is 16.5. The number of benzene rings is 1. The molecule has 0 bridgehead atoms. The minimum Gasteiger partial charge on any atom is -0.497 e. The Balaban J connectivity index is 2.17. The van der Waals surface area contributed by atoms with Crippen LogP contribution in [-0.4, -0.2) is 31.2 Å². The highest BCUT2D eigenvalue weighted by molar-refractivity contribution is 5.96. The summed E-state index contributed by atoms with van der Waals surface area (Å²) in [5, 5.41) is 11.9. The highest BCUT2D eigenvalue weighted by Gasteiger charge is 2.37. The summed E-state index contributed by atoms with van der Waals surface area (Å²) in [6.07, 6.45) is 1.89. The van der Waals surface area contributed by atoms with Crippen LogP contribution in [0.2, 0.25) is 0 Å². The van der Waals surface area contributed by atoms with Crippen molar-refractivity contribution in [2.45, 2.75) is 19.3 Å². The molecule has 0 spiro atoms. The van der Waals surface area contributed by atoms with Crippen LogP contribution in [0.25, 0.3) is 0 Å². The third-order valence-corrected chi connectivity index (χ3v) is 3.83. The minimum atomic E-state index is -0.912. The molecular formula is C15H19NO5. The summed E-state index contributed by atoms with van der Waals surface area (Å²) in [6.45, 7) is 0. The minimum absolute atomic E-state index is 0.286. The average molecular weight is 293 g/mol. The van der Waals surface area contributed by atoms with Gasteiger partial charge in [-0.1, -0.05) is 6.42 Å². The molecule has 1 aliphatic rings. The molecule has 1 aliphatic carbocycles. The second kappa shape index (κ2) is 6.47. The monoisotopic (exact) mass is 293 g/mol. The van der Waals surface area contributed by atoms with Gasteiger partial charge in [-0.3, -0.25) is 9.59 Å². The van der Waals surface area contributed by atoms with E-state index in [-0.39, 0.29) is 5.91 Å². The van der Waals surface area contributed by atoms with E-state index in [1.165, 1.54) is 14.2 Å². The Kier molecular flexibility index (Phi) is 4.67. The molecule has 21 heavy (non-hydrogen) atoms. The lowest BCUT2D eigenvalue weighted by molar-refractivity contribution is -0.145. The Bertz CT molecular complexity index is 543. The maximum absolute atomic E-state index is 12.3. The molecule has 6 heteroatoms. The summed E-state index contributed by atoms with van der Waals surface area (Å²) in [4.78, 5) is 23.5. The van der Waals surface area contributed by atoms with E-state index in [2.05, 4.69) is 5.32 Å². The number of amides is 1. The van der Waals surface area contributed by atoms with Gasteiger partial charge in [-0.25, -0.2) is 0 Å². The average Bonchev–Trinajstić information content (AvgIpc) is 2.96. The van der Waals surface area contributed by atoms with E-state index in [0.717, 1.165) is 6.42 Å². The van der Waals surface area contributed by atoms with Gasteiger partial charge in [0, 0.05) is 6.07 Å². The molecule has 2 N–H and O–H groups in total.